The van der Waals surface area contributed by atoms with Crippen LogP contribution in [-0.4, -0.2) is 9.97 Å². The van der Waals surface area contributed by atoms with E-state index in [4.69, 9.17) is 12.2 Å². The van der Waals surface area contributed by atoms with Crippen LogP contribution < -0.4 is 0 Å². The Balaban J connectivity index is 2.17. The first-order chi connectivity index (χ1) is 9.08. The first kappa shape index (κ1) is 14.3. The number of aryl methyl sites for hydroxylation is 1. The van der Waals surface area contributed by atoms with Crippen LogP contribution in [0.2, 0.25) is 0 Å². The van der Waals surface area contributed by atoms with E-state index in [2.05, 4.69) is 42.9 Å². The average Bonchev–Trinajstić information content (AvgIpc) is 2.36. The minimum absolute atomic E-state index is 0.409. The topological polar surface area (TPSA) is 28.7 Å². The van der Waals surface area contributed by atoms with Crippen molar-refractivity contribution in [2.75, 3.05) is 0 Å². The molecule has 0 saturated heterocycles. The highest BCUT2D eigenvalue weighted by Gasteiger charge is 2.09. The van der Waals surface area contributed by atoms with E-state index in [0.29, 0.717) is 5.92 Å². The SMILES string of the molecule is Cc1[nH]c(CSc2ccccc2)nc(=S)c1C(C)C. The van der Waals surface area contributed by atoms with Crippen molar-refractivity contribution >= 4 is 24.0 Å². The molecule has 100 valence electrons. The Kier molecular flexibility index (Phi) is 4.77. The summed E-state index contributed by atoms with van der Waals surface area (Å²) in [6.45, 7) is 6.36. The highest BCUT2D eigenvalue weighted by Crippen LogP contribution is 2.23. The van der Waals surface area contributed by atoms with Crippen LogP contribution in [-0.2, 0) is 5.75 Å². The molecule has 2 rings (SSSR count). The molecule has 0 saturated carbocycles. The summed E-state index contributed by atoms with van der Waals surface area (Å²) in [7, 11) is 0. The fourth-order valence-corrected chi connectivity index (χ4v) is 3.36. The van der Waals surface area contributed by atoms with Crippen LogP contribution in [0.15, 0.2) is 35.2 Å². The summed E-state index contributed by atoms with van der Waals surface area (Å²) in [5.74, 6) is 2.17. The number of nitrogens with one attached hydrogen (secondary N) is 1. The van der Waals surface area contributed by atoms with Gasteiger partial charge in [0.2, 0.25) is 0 Å². The van der Waals surface area contributed by atoms with Crippen LogP contribution in [0.1, 0.15) is 36.8 Å². The standard InChI is InChI=1S/C15H18N2S2/c1-10(2)14-11(3)16-13(17-15(14)18)9-19-12-7-5-4-6-8-12/h4-8,10H,9H2,1-3H3,(H,16,17,18). The monoisotopic (exact) mass is 290 g/mol. The van der Waals surface area contributed by atoms with Gasteiger partial charge < -0.3 is 4.98 Å². The number of thioether (sulfide) groups is 1. The van der Waals surface area contributed by atoms with Gasteiger partial charge in [-0.05, 0) is 25.0 Å². The Morgan fingerprint density at radius 2 is 1.95 bits per heavy atom. The van der Waals surface area contributed by atoms with E-state index in [9.17, 15) is 0 Å². The van der Waals surface area contributed by atoms with Crippen LogP contribution in [0.25, 0.3) is 0 Å². The predicted octanol–water partition coefficient (Wildman–Crippen LogP) is 4.86. The molecular formula is C15H18N2S2. The molecule has 0 aliphatic heterocycles. The fraction of sp³-hybridized carbons (Fsp3) is 0.333. The summed E-state index contributed by atoms with van der Waals surface area (Å²) in [6.07, 6.45) is 0. The summed E-state index contributed by atoms with van der Waals surface area (Å²) >= 11 is 7.16. The van der Waals surface area contributed by atoms with E-state index in [1.807, 2.05) is 18.2 Å². The van der Waals surface area contributed by atoms with Gasteiger partial charge in [0.05, 0.1) is 5.75 Å². The smallest absolute Gasteiger partial charge is 0.133 e. The zero-order valence-electron chi connectivity index (χ0n) is 11.4. The molecule has 0 aliphatic rings. The van der Waals surface area contributed by atoms with Gasteiger partial charge in [-0.15, -0.1) is 11.8 Å². The molecule has 4 heteroatoms. The lowest BCUT2D eigenvalue weighted by Gasteiger charge is -2.11. The molecule has 2 nitrogen and oxygen atoms in total. The summed E-state index contributed by atoms with van der Waals surface area (Å²) in [5.41, 5.74) is 2.29. The first-order valence-corrected chi connectivity index (χ1v) is 7.75. The normalized spacial score (nSPS) is 10.9. The van der Waals surface area contributed by atoms with E-state index in [-0.39, 0.29) is 0 Å². The summed E-state index contributed by atoms with van der Waals surface area (Å²) in [6, 6.07) is 10.3. The van der Waals surface area contributed by atoms with Gasteiger partial charge in [-0.1, -0.05) is 44.3 Å². The molecule has 1 aromatic heterocycles. The number of hydrogen-bond donors (Lipinski definition) is 1. The molecule has 2 aromatic rings. The van der Waals surface area contributed by atoms with Crippen molar-refractivity contribution in [2.24, 2.45) is 0 Å². The molecular weight excluding hydrogens is 272 g/mol. The molecule has 0 amide bonds. The lowest BCUT2D eigenvalue weighted by molar-refractivity contribution is 0.810. The number of aromatic amines is 1. The van der Waals surface area contributed by atoms with Crippen LogP contribution in [0.3, 0.4) is 0 Å². The van der Waals surface area contributed by atoms with Gasteiger partial charge in [0.1, 0.15) is 10.5 Å². The lowest BCUT2D eigenvalue weighted by Crippen LogP contribution is -2.03. The van der Waals surface area contributed by atoms with Crippen molar-refractivity contribution in [2.45, 2.75) is 37.3 Å². The summed E-state index contributed by atoms with van der Waals surface area (Å²) in [5, 5.41) is 0. The van der Waals surface area contributed by atoms with Crippen molar-refractivity contribution in [1.82, 2.24) is 9.97 Å². The van der Waals surface area contributed by atoms with Gasteiger partial charge >= 0.3 is 0 Å². The molecule has 1 heterocycles. The van der Waals surface area contributed by atoms with Crippen molar-refractivity contribution in [3.8, 4) is 0 Å². The summed E-state index contributed by atoms with van der Waals surface area (Å²) in [4.78, 5) is 9.12. The maximum Gasteiger partial charge on any atom is 0.133 e. The van der Waals surface area contributed by atoms with Crippen molar-refractivity contribution in [3.63, 3.8) is 0 Å². The van der Waals surface area contributed by atoms with Crippen LogP contribution in [0.5, 0.6) is 0 Å². The van der Waals surface area contributed by atoms with Crippen LogP contribution >= 0.6 is 24.0 Å². The van der Waals surface area contributed by atoms with E-state index in [1.165, 1.54) is 4.90 Å². The van der Waals surface area contributed by atoms with E-state index in [0.717, 1.165) is 27.5 Å². The molecule has 0 bridgehead atoms. The number of hydrogen-bond acceptors (Lipinski definition) is 3. The second kappa shape index (κ2) is 6.35. The van der Waals surface area contributed by atoms with Crippen molar-refractivity contribution in [1.29, 1.82) is 0 Å². The maximum absolute atomic E-state index is 5.39. The van der Waals surface area contributed by atoms with Crippen molar-refractivity contribution in [3.05, 3.63) is 52.1 Å². The number of nitrogens with zero attached hydrogens (tertiary/aromatic N) is 1. The van der Waals surface area contributed by atoms with Gasteiger partial charge in [0.25, 0.3) is 0 Å². The van der Waals surface area contributed by atoms with Gasteiger partial charge in [0, 0.05) is 16.2 Å². The molecule has 0 unspecified atom stereocenters. The molecule has 0 spiro atoms. The lowest BCUT2D eigenvalue weighted by atomic mass is 10.0. The second-order valence-corrected chi connectivity index (χ2v) is 6.22. The number of benzene rings is 1. The van der Waals surface area contributed by atoms with Crippen molar-refractivity contribution < 1.29 is 0 Å². The van der Waals surface area contributed by atoms with E-state index < -0.39 is 0 Å². The largest absolute Gasteiger partial charge is 0.346 e. The number of rotatable bonds is 4. The maximum atomic E-state index is 5.39. The Morgan fingerprint density at radius 3 is 2.53 bits per heavy atom. The highest BCUT2D eigenvalue weighted by atomic mass is 32.2. The molecule has 0 aliphatic carbocycles. The van der Waals surface area contributed by atoms with Crippen LogP contribution in [0, 0.1) is 11.6 Å². The third-order valence-corrected chi connectivity index (χ3v) is 4.23. The third kappa shape index (κ3) is 3.67. The minimum Gasteiger partial charge on any atom is -0.346 e. The van der Waals surface area contributed by atoms with Crippen LogP contribution in [0.4, 0.5) is 0 Å². The average molecular weight is 290 g/mol. The van der Waals surface area contributed by atoms with Gasteiger partial charge in [-0.2, -0.15) is 0 Å². The van der Waals surface area contributed by atoms with E-state index in [1.54, 1.807) is 11.8 Å². The first-order valence-electron chi connectivity index (χ1n) is 6.35. The number of aromatic nitrogens is 2. The zero-order valence-corrected chi connectivity index (χ0v) is 13.1. The summed E-state index contributed by atoms with van der Waals surface area (Å²) < 4.78 is 0.731. The predicted molar refractivity (Wildman–Crippen MR) is 84.3 cm³/mol. The van der Waals surface area contributed by atoms with Gasteiger partial charge in [-0.3, -0.25) is 0 Å². The molecule has 0 fully saturated rings. The molecule has 0 atom stereocenters. The molecule has 1 N–H and O–H groups in total. The Morgan fingerprint density at radius 1 is 1.26 bits per heavy atom. The Hall–Kier alpha value is -1.13. The molecule has 1 aromatic carbocycles. The highest BCUT2D eigenvalue weighted by molar-refractivity contribution is 7.98. The number of H-pyrrole nitrogens is 1. The minimum atomic E-state index is 0.409. The quantitative estimate of drug-likeness (QED) is 0.643. The Bertz CT molecular complexity index is 603. The molecule has 19 heavy (non-hydrogen) atoms. The van der Waals surface area contributed by atoms with Gasteiger partial charge in [0.15, 0.2) is 0 Å². The third-order valence-electron chi connectivity index (χ3n) is 2.90. The van der Waals surface area contributed by atoms with E-state index >= 15 is 0 Å². The molecule has 0 radical (unpaired) electrons. The Labute approximate surface area is 123 Å². The van der Waals surface area contributed by atoms with Gasteiger partial charge in [-0.25, -0.2) is 4.98 Å². The fourth-order valence-electron chi connectivity index (χ4n) is 2.07. The zero-order chi connectivity index (χ0) is 13.8. The second-order valence-electron chi connectivity index (χ2n) is 4.78.